The predicted octanol–water partition coefficient (Wildman–Crippen LogP) is 2.00. The summed E-state index contributed by atoms with van der Waals surface area (Å²) in [7, 11) is 2.16. The van der Waals surface area contributed by atoms with Crippen molar-refractivity contribution in [1.82, 2.24) is 9.80 Å². The summed E-state index contributed by atoms with van der Waals surface area (Å²) < 4.78 is 0. The molecule has 140 valence electrons. The van der Waals surface area contributed by atoms with Gasteiger partial charge in [0.2, 0.25) is 5.91 Å². The largest absolute Gasteiger partial charge is 0.369 e. The number of piperazine rings is 1. The Bertz CT molecular complexity index is 623. The van der Waals surface area contributed by atoms with Crippen molar-refractivity contribution < 1.29 is 4.79 Å². The van der Waals surface area contributed by atoms with Crippen LogP contribution in [0.2, 0.25) is 0 Å². The fraction of sp³-hybridized carbons (Fsp3) is 0.600. The van der Waals surface area contributed by atoms with E-state index < -0.39 is 0 Å². The van der Waals surface area contributed by atoms with E-state index >= 15 is 0 Å². The van der Waals surface area contributed by atoms with Gasteiger partial charge in [-0.1, -0.05) is 0 Å². The Morgan fingerprint density at radius 3 is 2.38 bits per heavy atom. The van der Waals surface area contributed by atoms with Gasteiger partial charge in [0.05, 0.1) is 6.07 Å². The monoisotopic (exact) mass is 355 g/mol. The molecule has 2 saturated heterocycles. The van der Waals surface area contributed by atoms with Gasteiger partial charge in [0.25, 0.3) is 0 Å². The Kier molecular flexibility index (Phi) is 6.48. The minimum atomic E-state index is 0.0747. The van der Waals surface area contributed by atoms with Gasteiger partial charge in [0, 0.05) is 56.4 Å². The first kappa shape index (κ1) is 18.7. The summed E-state index contributed by atoms with van der Waals surface area (Å²) in [5.41, 5.74) is 2.10. The Morgan fingerprint density at radius 1 is 1.12 bits per heavy atom. The molecule has 26 heavy (non-hydrogen) atoms. The number of nitrogens with zero attached hydrogens (tertiary/aromatic N) is 4. The van der Waals surface area contributed by atoms with E-state index in [-0.39, 0.29) is 11.8 Å². The third kappa shape index (κ3) is 4.96. The van der Waals surface area contributed by atoms with Crippen LogP contribution in [0.1, 0.15) is 19.3 Å². The zero-order valence-corrected chi connectivity index (χ0v) is 15.7. The molecule has 2 aliphatic heterocycles. The second-order valence-electron chi connectivity index (χ2n) is 7.35. The van der Waals surface area contributed by atoms with Gasteiger partial charge in [0.15, 0.2) is 0 Å². The van der Waals surface area contributed by atoms with Crippen LogP contribution in [0.15, 0.2) is 24.3 Å². The van der Waals surface area contributed by atoms with E-state index in [9.17, 15) is 4.79 Å². The van der Waals surface area contributed by atoms with Crippen LogP contribution < -0.4 is 10.2 Å². The van der Waals surface area contributed by atoms with Gasteiger partial charge in [-0.25, -0.2) is 0 Å². The molecule has 3 rings (SSSR count). The van der Waals surface area contributed by atoms with Gasteiger partial charge in [-0.2, -0.15) is 5.26 Å². The Morgan fingerprint density at radius 2 is 1.77 bits per heavy atom. The van der Waals surface area contributed by atoms with Crippen LogP contribution in [0, 0.1) is 17.2 Å². The van der Waals surface area contributed by atoms with Crippen molar-refractivity contribution in [2.75, 3.05) is 63.1 Å². The van der Waals surface area contributed by atoms with Crippen molar-refractivity contribution in [3.05, 3.63) is 24.3 Å². The lowest BCUT2D eigenvalue weighted by Crippen LogP contribution is -2.44. The first-order valence-electron chi connectivity index (χ1n) is 9.59. The van der Waals surface area contributed by atoms with Crippen LogP contribution in [0.5, 0.6) is 0 Å². The molecule has 1 N–H and O–H groups in total. The van der Waals surface area contributed by atoms with Crippen molar-refractivity contribution in [1.29, 1.82) is 5.26 Å². The molecule has 6 heteroatoms. The molecule has 6 nitrogen and oxygen atoms in total. The van der Waals surface area contributed by atoms with Crippen molar-refractivity contribution in [2.45, 2.75) is 19.3 Å². The molecule has 0 radical (unpaired) electrons. The van der Waals surface area contributed by atoms with Crippen LogP contribution in [-0.2, 0) is 4.79 Å². The normalized spacial score (nSPS) is 19.9. The Labute approximate surface area is 156 Å². The fourth-order valence-electron chi connectivity index (χ4n) is 3.69. The van der Waals surface area contributed by atoms with Gasteiger partial charge in [-0.15, -0.1) is 0 Å². The number of hydrogen-bond donors (Lipinski definition) is 1. The van der Waals surface area contributed by atoms with Gasteiger partial charge in [-0.05, 0) is 57.2 Å². The number of benzene rings is 1. The summed E-state index contributed by atoms with van der Waals surface area (Å²) in [5, 5.41) is 11.7. The highest BCUT2D eigenvalue weighted by atomic mass is 16.1. The molecule has 0 unspecified atom stereocenters. The summed E-state index contributed by atoms with van der Waals surface area (Å²) in [5.74, 6) is 0.197. The molecular formula is C20H29N5O. The number of hydrogen-bond acceptors (Lipinski definition) is 5. The molecule has 2 aliphatic rings. The quantitative estimate of drug-likeness (QED) is 0.875. The van der Waals surface area contributed by atoms with Crippen molar-refractivity contribution in [3.63, 3.8) is 0 Å². The van der Waals surface area contributed by atoms with Gasteiger partial charge in [-0.3, -0.25) is 4.79 Å². The summed E-state index contributed by atoms with van der Waals surface area (Å²) in [4.78, 5) is 19.5. The standard InChI is InChI=1S/C20H29N5O/c1-23-13-15-25(16-14-23)19-5-3-18(4-6-19)22-20(26)17-7-11-24(12-8-17)10-2-9-21/h3-6,17H,2,7-8,10-16H2,1H3,(H,22,26). The lowest BCUT2D eigenvalue weighted by Gasteiger charge is -2.34. The summed E-state index contributed by atoms with van der Waals surface area (Å²) in [6, 6.07) is 10.4. The third-order valence-corrected chi connectivity index (χ3v) is 5.50. The van der Waals surface area contributed by atoms with Gasteiger partial charge < -0.3 is 20.0 Å². The Hall–Kier alpha value is -2.10. The van der Waals surface area contributed by atoms with Gasteiger partial charge >= 0.3 is 0 Å². The van der Waals surface area contributed by atoms with E-state index in [2.05, 4.69) is 45.3 Å². The number of carbonyl (C=O) groups is 1. The SMILES string of the molecule is CN1CCN(c2ccc(NC(=O)C3CCN(CCC#N)CC3)cc2)CC1. The molecular weight excluding hydrogens is 326 g/mol. The number of anilines is 2. The molecule has 0 saturated carbocycles. The summed E-state index contributed by atoms with van der Waals surface area (Å²) in [6.07, 6.45) is 2.31. The first-order valence-corrected chi connectivity index (χ1v) is 9.59. The van der Waals surface area contributed by atoms with Crippen molar-refractivity contribution >= 4 is 17.3 Å². The van der Waals surface area contributed by atoms with Crippen LogP contribution in [-0.4, -0.2) is 68.6 Å². The minimum absolute atomic E-state index is 0.0747. The molecule has 0 atom stereocenters. The summed E-state index contributed by atoms with van der Waals surface area (Å²) in [6.45, 7) is 6.90. The number of rotatable bonds is 5. The number of carbonyl (C=O) groups excluding carboxylic acids is 1. The molecule has 0 aromatic heterocycles. The van der Waals surface area contributed by atoms with Crippen LogP contribution in [0.25, 0.3) is 0 Å². The lowest BCUT2D eigenvalue weighted by molar-refractivity contribution is -0.121. The topological polar surface area (TPSA) is 62.6 Å². The molecule has 0 aliphatic carbocycles. The fourth-order valence-corrected chi connectivity index (χ4v) is 3.69. The van der Waals surface area contributed by atoms with Crippen molar-refractivity contribution in [3.8, 4) is 6.07 Å². The molecule has 1 aromatic carbocycles. The van der Waals surface area contributed by atoms with E-state index in [4.69, 9.17) is 5.26 Å². The number of nitriles is 1. The maximum atomic E-state index is 12.5. The maximum absolute atomic E-state index is 12.5. The second-order valence-corrected chi connectivity index (χ2v) is 7.35. The van der Waals surface area contributed by atoms with E-state index in [0.717, 1.165) is 64.3 Å². The highest BCUT2D eigenvalue weighted by Crippen LogP contribution is 2.22. The average molecular weight is 355 g/mol. The minimum Gasteiger partial charge on any atom is -0.369 e. The lowest BCUT2D eigenvalue weighted by atomic mass is 9.95. The molecule has 2 heterocycles. The second kappa shape index (κ2) is 9.02. The Balaban J connectivity index is 1.47. The van der Waals surface area contributed by atoms with E-state index in [0.29, 0.717) is 6.42 Å². The zero-order chi connectivity index (χ0) is 18.4. The number of amides is 1. The third-order valence-electron chi connectivity index (χ3n) is 5.50. The van der Waals surface area contributed by atoms with E-state index in [1.54, 1.807) is 0 Å². The number of piperidine rings is 1. The number of likely N-dealkylation sites (N-methyl/N-ethyl adjacent to an activating group) is 1. The zero-order valence-electron chi connectivity index (χ0n) is 15.7. The smallest absolute Gasteiger partial charge is 0.227 e. The molecule has 2 fully saturated rings. The van der Waals surface area contributed by atoms with Gasteiger partial charge in [0.1, 0.15) is 0 Å². The summed E-state index contributed by atoms with van der Waals surface area (Å²) >= 11 is 0. The number of nitrogens with one attached hydrogen (secondary N) is 1. The van der Waals surface area contributed by atoms with Crippen molar-refractivity contribution in [2.24, 2.45) is 5.92 Å². The first-order chi connectivity index (χ1) is 12.7. The number of likely N-dealkylation sites (tertiary alicyclic amines) is 1. The average Bonchev–Trinajstić information content (AvgIpc) is 2.68. The van der Waals surface area contributed by atoms with E-state index in [1.165, 1.54) is 5.69 Å². The molecule has 1 aromatic rings. The van der Waals surface area contributed by atoms with Crippen LogP contribution >= 0.6 is 0 Å². The molecule has 1 amide bonds. The van der Waals surface area contributed by atoms with E-state index in [1.807, 2.05) is 12.1 Å². The maximum Gasteiger partial charge on any atom is 0.227 e. The highest BCUT2D eigenvalue weighted by molar-refractivity contribution is 5.92. The molecule has 0 bridgehead atoms. The van der Waals surface area contributed by atoms with Crippen LogP contribution in [0.4, 0.5) is 11.4 Å². The predicted molar refractivity (Wildman–Crippen MR) is 104 cm³/mol. The highest BCUT2D eigenvalue weighted by Gasteiger charge is 2.24. The molecule has 0 spiro atoms. The van der Waals surface area contributed by atoms with Crippen LogP contribution in [0.3, 0.4) is 0 Å².